The number of aryl methyl sites for hydroxylation is 2. The van der Waals surface area contributed by atoms with E-state index in [1.807, 2.05) is 13.8 Å². The highest BCUT2D eigenvalue weighted by Crippen LogP contribution is 2.37. The Balaban J connectivity index is 1.99. The molecule has 0 spiro atoms. The normalized spacial score (nSPS) is 15.0. The highest BCUT2D eigenvalue weighted by atomic mass is 32.2. The van der Waals surface area contributed by atoms with Crippen molar-refractivity contribution >= 4 is 33.2 Å². The average Bonchev–Trinajstić information content (AvgIpc) is 3.25. The molecule has 11 heteroatoms. The number of ether oxygens (including phenoxy) is 1. The van der Waals surface area contributed by atoms with Crippen molar-refractivity contribution in [3.05, 3.63) is 33.5 Å². The molecule has 1 aliphatic heterocycles. The molecule has 1 N–H and O–H groups in total. The summed E-state index contributed by atoms with van der Waals surface area (Å²) in [6, 6.07) is 1.45. The van der Waals surface area contributed by atoms with Gasteiger partial charge in [-0.3, -0.25) is 9.48 Å². The van der Waals surface area contributed by atoms with E-state index in [-0.39, 0.29) is 28.3 Å². The molecule has 0 bridgehead atoms. The predicted octanol–water partition coefficient (Wildman–Crippen LogP) is 1.85. The number of hydrogen-bond donors (Lipinski definition) is 1. The van der Waals surface area contributed by atoms with E-state index >= 15 is 0 Å². The Morgan fingerprint density at radius 1 is 1.40 bits per heavy atom. The van der Waals surface area contributed by atoms with Crippen molar-refractivity contribution in [1.29, 1.82) is 0 Å². The number of thiophene rings is 1. The molecule has 1 atom stereocenters. The van der Waals surface area contributed by atoms with Crippen LogP contribution >= 0.6 is 11.3 Å². The molecule has 3 heterocycles. The smallest absolute Gasteiger partial charge is 0.340 e. The molecule has 0 saturated heterocycles. The Labute approximate surface area is 180 Å². The summed E-state index contributed by atoms with van der Waals surface area (Å²) in [6.45, 7) is 6.05. The first kappa shape index (κ1) is 22.4. The minimum absolute atomic E-state index is 0.0506. The van der Waals surface area contributed by atoms with Gasteiger partial charge in [0, 0.05) is 24.5 Å². The van der Waals surface area contributed by atoms with Gasteiger partial charge in [-0.25, -0.2) is 17.9 Å². The zero-order chi connectivity index (χ0) is 22.2. The van der Waals surface area contributed by atoms with Crippen LogP contribution < -0.4 is 4.72 Å². The fourth-order valence-electron chi connectivity index (χ4n) is 3.42. The van der Waals surface area contributed by atoms with E-state index in [2.05, 4.69) is 9.82 Å². The Morgan fingerprint density at radius 2 is 2.10 bits per heavy atom. The van der Waals surface area contributed by atoms with Crippen LogP contribution in [0.1, 0.15) is 57.2 Å². The second kappa shape index (κ2) is 8.48. The number of hydrogen-bond acceptors (Lipinski definition) is 7. The average molecular weight is 455 g/mol. The Morgan fingerprint density at radius 3 is 2.67 bits per heavy atom. The summed E-state index contributed by atoms with van der Waals surface area (Å²) in [4.78, 5) is 27.7. The molecule has 164 valence electrons. The van der Waals surface area contributed by atoms with Gasteiger partial charge in [0.05, 0.1) is 24.9 Å². The molecule has 0 unspecified atom stereocenters. The van der Waals surface area contributed by atoms with E-state index < -0.39 is 16.0 Å². The number of amides is 1. The zero-order valence-electron chi connectivity index (χ0n) is 17.7. The molecular weight excluding hydrogens is 428 g/mol. The zero-order valence-corrected chi connectivity index (χ0v) is 19.3. The summed E-state index contributed by atoms with van der Waals surface area (Å²) in [5.74, 6) is -0.863. The van der Waals surface area contributed by atoms with Crippen LogP contribution in [0.4, 0.5) is 0 Å². The predicted molar refractivity (Wildman–Crippen MR) is 112 cm³/mol. The quantitative estimate of drug-likeness (QED) is 0.667. The Kier molecular flexibility index (Phi) is 6.34. The van der Waals surface area contributed by atoms with E-state index in [9.17, 15) is 18.0 Å². The molecule has 9 nitrogen and oxygen atoms in total. The van der Waals surface area contributed by atoms with Gasteiger partial charge in [0.15, 0.2) is 0 Å². The molecule has 1 amide bonds. The van der Waals surface area contributed by atoms with Crippen molar-refractivity contribution in [2.24, 2.45) is 7.05 Å². The fraction of sp³-hybridized carbons (Fsp3) is 0.526. The largest absolute Gasteiger partial charge is 0.465 e. The van der Waals surface area contributed by atoms with Gasteiger partial charge in [-0.2, -0.15) is 5.10 Å². The van der Waals surface area contributed by atoms with Crippen LogP contribution in [-0.4, -0.2) is 54.7 Å². The minimum Gasteiger partial charge on any atom is -0.465 e. The first-order chi connectivity index (χ1) is 14.1. The maximum Gasteiger partial charge on any atom is 0.340 e. The number of sulfonamides is 1. The van der Waals surface area contributed by atoms with E-state index in [4.69, 9.17) is 4.74 Å². The second-order valence-corrected chi connectivity index (χ2v) is 10.4. The second-order valence-electron chi connectivity index (χ2n) is 7.36. The van der Waals surface area contributed by atoms with Gasteiger partial charge in [0.25, 0.3) is 15.9 Å². The highest BCUT2D eigenvalue weighted by Gasteiger charge is 2.35. The molecule has 1 aliphatic rings. The topological polar surface area (TPSA) is 111 Å². The van der Waals surface area contributed by atoms with Gasteiger partial charge in [-0.1, -0.05) is 6.92 Å². The van der Waals surface area contributed by atoms with Crippen molar-refractivity contribution < 1.29 is 22.7 Å². The molecule has 30 heavy (non-hydrogen) atoms. The van der Waals surface area contributed by atoms with Crippen LogP contribution in [-0.2, 0) is 34.8 Å². The third-order valence-electron chi connectivity index (χ3n) is 5.14. The Hall–Kier alpha value is -2.24. The number of carbonyl (C=O) groups is 2. The maximum absolute atomic E-state index is 13.0. The molecule has 0 aromatic carbocycles. The highest BCUT2D eigenvalue weighted by molar-refractivity contribution is 7.91. The Bertz CT molecular complexity index is 1090. The van der Waals surface area contributed by atoms with Crippen molar-refractivity contribution in [2.75, 3.05) is 13.7 Å². The number of aromatic nitrogens is 2. The maximum atomic E-state index is 13.0. The fourth-order valence-corrected chi connectivity index (χ4v) is 6.67. The standard InChI is InChI=1S/C19H26N4O5S2/c1-6-11(2)21-30(26,27)19-16(18(25)28-5)13-7-8-23(10-15(13)29-19)17(24)14-9-12(3)20-22(14)4/h9,11,21H,6-8,10H2,1-5H3/t11-/m1/s1. The van der Waals surface area contributed by atoms with Crippen molar-refractivity contribution in [3.63, 3.8) is 0 Å². The number of carbonyl (C=O) groups excluding carboxylic acids is 2. The lowest BCUT2D eigenvalue weighted by atomic mass is 10.0. The summed E-state index contributed by atoms with van der Waals surface area (Å²) < 4.78 is 34.8. The van der Waals surface area contributed by atoms with E-state index in [1.54, 1.807) is 24.9 Å². The monoisotopic (exact) mass is 454 g/mol. The van der Waals surface area contributed by atoms with E-state index in [0.29, 0.717) is 35.5 Å². The van der Waals surface area contributed by atoms with Crippen molar-refractivity contribution in [2.45, 2.75) is 50.4 Å². The van der Waals surface area contributed by atoms with Crippen LogP contribution in [0.15, 0.2) is 10.3 Å². The van der Waals surface area contributed by atoms with Crippen LogP contribution in [0.25, 0.3) is 0 Å². The van der Waals surface area contributed by atoms with Gasteiger partial charge in [0.1, 0.15) is 9.90 Å². The van der Waals surface area contributed by atoms with Crippen molar-refractivity contribution in [3.8, 4) is 0 Å². The molecule has 0 radical (unpaired) electrons. The van der Waals surface area contributed by atoms with Crippen LogP contribution in [0, 0.1) is 6.92 Å². The SMILES string of the molecule is CC[C@@H](C)NS(=O)(=O)c1sc2c(c1C(=O)OC)CCN(C(=O)c1cc(C)nn1C)C2. The minimum atomic E-state index is -3.89. The summed E-state index contributed by atoms with van der Waals surface area (Å²) in [6.07, 6.45) is 0.988. The number of nitrogens with one attached hydrogen (secondary N) is 1. The number of fused-ring (bicyclic) bond motifs is 1. The van der Waals surface area contributed by atoms with Gasteiger partial charge >= 0.3 is 5.97 Å². The van der Waals surface area contributed by atoms with Gasteiger partial charge in [0.2, 0.25) is 0 Å². The lowest BCUT2D eigenvalue weighted by Gasteiger charge is -2.27. The lowest BCUT2D eigenvalue weighted by Crippen LogP contribution is -2.36. The molecule has 3 rings (SSSR count). The van der Waals surface area contributed by atoms with Crippen LogP contribution in [0.3, 0.4) is 0 Å². The number of esters is 1. The van der Waals surface area contributed by atoms with Gasteiger partial charge in [-0.15, -0.1) is 11.3 Å². The van der Waals surface area contributed by atoms with Gasteiger partial charge in [-0.05, 0) is 38.3 Å². The summed E-state index contributed by atoms with van der Waals surface area (Å²) in [7, 11) is -0.954. The molecule has 0 fully saturated rings. The van der Waals surface area contributed by atoms with E-state index in [1.165, 1.54) is 11.8 Å². The summed E-state index contributed by atoms with van der Waals surface area (Å²) in [5.41, 5.74) is 1.93. The lowest BCUT2D eigenvalue weighted by molar-refractivity contribution is 0.0595. The number of rotatable bonds is 6. The molecule has 2 aromatic rings. The summed E-state index contributed by atoms with van der Waals surface area (Å²) >= 11 is 1.02. The molecule has 2 aromatic heterocycles. The first-order valence-corrected chi connectivity index (χ1v) is 11.9. The van der Waals surface area contributed by atoms with Crippen LogP contribution in [0.5, 0.6) is 0 Å². The molecule has 0 aliphatic carbocycles. The summed E-state index contributed by atoms with van der Waals surface area (Å²) in [5, 5.41) is 4.21. The van der Waals surface area contributed by atoms with Gasteiger partial charge < -0.3 is 9.64 Å². The number of nitrogens with zero attached hydrogens (tertiary/aromatic N) is 3. The molecule has 0 saturated carbocycles. The third-order valence-corrected chi connectivity index (χ3v) is 8.46. The molecular formula is C19H26N4O5S2. The van der Waals surface area contributed by atoms with Crippen LogP contribution in [0.2, 0.25) is 0 Å². The van der Waals surface area contributed by atoms with E-state index in [0.717, 1.165) is 17.0 Å². The number of methoxy groups -OCH3 is 1. The first-order valence-electron chi connectivity index (χ1n) is 9.64. The third kappa shape index (κ3) is 4.14. The van der Waals surface area contributed by atoms with Crippen molar-refractivity contribution in [1.82, 2.24) is 19.4 Å².